The number of hydrogen-bond acceptors (Lipinski definition) is 2. The minimum atomic E-state index is -0.407. The van der Waals surface area contributed by atoms with E-state index in [0.717, 1.165) is 16.8 Å². The number of nitrogens with one attached hydrogen (secondary N) is 1. The number of halogens is 1. The molecule has 0 atom stereocenters. The molecule has 0 amide bonds. The van der Waals surface area contributed by atoms with E-state index in [9.17, 15) is 4.39 Å². The molecule has 0 bridgehead atoms. The summed E-state index contributed by atoms with van der Waals surface area (Å²) in [5, 5.41) is 3.00. The molecule has 0 aliphatic rings. The summed E-state index contributed by atoms with van der Waals surface area (Å²) in [5.41, 5.74) is 8.54. The molecule has 0 unspecified atom stereocenters. The Hall–Kier alpha value is -2.56. The second kappa shape index (κ2) is 6.74. The number of ether oxygens (including phenoxy) is 1. The van der Waals surface area contributed by atoms with Crippen molar-refractivity contribution in [1.82, 2.24) is 0 Å². The van der Waals surface area contributed by atoms with Gasteiger partial charge in [-0.2, -0.15) is 0 Å². The predicted octanol–water partition coefficient (Wildman–Crippen LogP) is 3.07. The van der Waals surface area contributed by atoms with E-state index in [1.54, 1.807) is 12.1 Å². The molecule has 0 fully saturated rings. The maximum Gasteiger partial charge on any atom is 0.193 e. The van der Waals surface area contributed by atoms with Crippen LogP contribution in [0.25, 0.3) is 0 Å². The Kier molecular flexibility index (Phi) is 4.77. The molecule has 0 radical (unpaired) electrons. The number of nitrogens with two attached hydrogens (primary N) is 1. The maximum atomic E-state index is 13.5. The number of aliphatic imine (C=N–C) groups is 1. The third-order valence-corrected chi connectivity index (χ3v) is 2.94. The van der Waals surface area contributed by atoms with Gasteiger partial charge in [-0.05, 0) is 42.3 Å². The van der Waals surface area contributed by atoms with E-state index in [1.165, 1.54) is 13.2 Å². The SMILES string of the molecule is COc1ccc(CN=C(N)Nc2cccc(C)c2)cc1F. The number of anilines is 1. The lowest BCUT2D eigenvalue weighted by Gasteiger charge is -2.07. The first-order valence-corrected chi connectivity index (χ1v) is 6.54. The summed E-state index contributed by atoms with van der Waals surface area (Å²) in [5.74, 6) is 0.0980. The summed E-state index contributed by atoms with van der Waals surface area (Å²) in [6.45, 7) is 2.30. The molecule has 0 saturated heterocycles. The third kappa shape index (κ3) is 4.21. The fraction of sp³-hybridized carbons (Fsp3) is 0.188. The number of nitrogens with zero attached hydrogens (tertiary/aromatic N) is 1. The Morgan fingerprint density at radius 2 is 2.10 bits per heavy atom. The Balaban J connectivity index is 2.01. The van der Waals surface area contributed by atoms with Crippen LogP contribution in [-0.2, 0) is 6.54 Å². The highest BCUT2D eigenvalue weighted by Gasteiger charge is 2.03. The number of rotatable bonds is 4. The lowest BCUT2D eigenvalue weighted by molar-refractivity contribution is 0.386. The molecule has 110 valence electrons. The number of hydrogen-bond donors (Lipinski definition) is 2. The molecule has 0 heterocycles. The average molecular weight is 287 g/mol. The third-order valence-electron chi connectivity index (χ3n) is 2.94. The van der Waals surface area contributed by atoms with Crippen LogP contribution in [0.5, 0.6) is 5.75 Å². The average Bonchev–Trinajstić information content (AvgIpc) is 2.45. The summed E-state index contributed by atoms with van der Waals surface area (Å²) >= 11 is 0. The number of benzene rings is 2. The van der Waals surface area contributed by atoms with Crippen molar-refractivity contribution in [2.75, 3.05) is 12.4 Å². The van der Waals surface area contributed by atoms with Crippen molar-refractivity contribution >= 4 is 11.6 Å². The van der Waals surface area contributed by atoms with Crippen molar-refractivity contribution in [2.45, 2.75) is 13.5 Å². The van der Waals surface area contributed by atoms with Crippen LogP contribution < -0.4 is 15.8 Å². The zero-order valence-electron chi connectivity index (χ0n) is 12.1. The van der Waals surface area contributed by atoms with Gasteiger partial charge in [0, 0.05) is 5.69 Å². The second-order valence-corrected chi connectivity index (χ2v) is 4.66. The van der Waals surface area contributed by atoms with Crippen molar-refractivity contribution in [3.05, 3.63) is 59.4 Å². The van der Waals surface area contributed by atoms with Crippen LogP contribution in [0.3, 0.4) is 0 Å². The summed E-state index contributed by atoms with van der Waals surface area (Å²) in [7, 11) is 1.43. The predicted molar refractivity (Wildman–Crippen MR) is 83.1 cm³/mol. The van der Waals surface area contributed by atoms with Gasteiger partial charge in [0.05, 0.1) is 13.7 Å². The Morgan fingerprint density at radius 1 is 1.29 bits per heavy atom. The molecule has 4 nitrogen and oxygen atoms in total. The molecule has 0 saturated carbocycles. The smallest absolute Gasteiger partial charge is 0.193 e. The van der Waals surface area contributed by atoms with E-state index in [2.05, 4.69) is 10.3 Å². The zero-order chi connectivity index (χ0) is 15.2. The molecule has 0 spiro atoms. The Bertz CT molecular complexity index is 656. The Morgan fingerprint density at radius 3 is 2.76 bits per heavy atom. The van der Waals surface area contributed by atoms with Crippen molar-refractivity contribution in [1.29, 1.82) is 0 Å². The fourth-order valence-corrected chi connectivity index (χ4v) is 1.89. The van der Waals surface area contributed by atoms with Gasteiger partial charge in [0.25, 0.3) is 0 Å². The molecule has 5 heteroatoms. The van der Waals surface area contributed by atoms with E-state index in [-0.39, 0.29) is 11.7 Å². The van der Waals surface area contributed by atoms with Crippen LogP contribution in [0.2, 0.25) is 0 Å². The molecule has 3 N–H and O–H groups in total. The first kappa shape index (κ1) is 14.8. The first-order valence-electron chi connectivity index (χ1n) is 6.54. The van der Waals surface area contributed by atoms with Gasteiger partial charge < -0.3 is 15.8 Å². The van der Waals surface area contributed by atoms with Crippen LogP contribution in [0, 0.1) is 12.7 Å². The summed E-state index contributed by atoms with van der Waals surface area (Å²) in [6.07, 6.45) is 0. The number of guanidine groups is 1. The summed E-state index contributed by atoms with van der Waals surface area (Å²) in [4.78, 5) is 4.19. The van der Waals surface area contributed by atoms with Crippen molar-refractivity contribution in [3.63, 3.8) is 0 Å². The van der Waals surface area contributed by atoms with Gasteiger partial charge in [-0.15, -0.1) is 0 Å². The minimum Gasteiger partial charge on any atom is -0.494 e. The van der Waals surface area contributed by atoms with E-state index in [1.807, 2.05) is 31.2 Å². The first-order chi connectivity index (χ1) is 10.1. The zero-order valence-corrected chi connectivity index (χ0v) is 12.1. The van der Waals surface area contributed by atoms with Crippen LogP contribution in [-0.4, -0.2) is 13.1 Å². The minimum absolute atomic E-state index is 0.216. The monoisotopic (exact) mass is 287 g/mol. The summed E-state index contributed by atoms with van der Waals surface area (Å²) < 4.78 is 18.4. The van der Waals surface area contributed by atoms with E-state index in [4.69, 9.17) is 10.5 Å². The van der Waals surface area contributed by atoms with Gasteiger partial charge in [0.15, 0.2) is 17.5 Å². The molecule has 2 rings (SSSR count). The lowest BCUT2D eigenvalue weighted by atomic mass is 10.2. The van der Waals surface area contributed by atoms with E-state index in [0.29, 0.717) is 6.54 Å². The van der Waals surface area contributed by atoms with Crippen LogP contribution in [0.4, 0.5) is 10.1 Å². The molecule has 0 aliphatic carbocycles. The van der Waals surface area contributed by atoms with Crippen LogP contribution in [0.15, 0.2) is 47.5 Å². The maximum absolute atomic E-state index is 13.5. The Labute approximate surface area is 123 Å². The topological polar surface area (TPSA) is 59.6 Å². The van der Waals surface area contributed by atoms with Crippen molar-refractivity contribution < 1.29 is 9.13 Å². The molecular formula is C16H18FN3O. The van der Waals surface area contributed by atoms with Gasteiger partial charge in [-0.1, -0.05) is 18.2 Å². The highest BCUT2D eigenvalue weighted by Crippen LogP contribution is 2.18. The van der Waals surface area contributed by atoms with Crippen molar-refractivity contribution in [2.24, 2.45) is 10.7 Å². The quantitative estimate of drug-likeness (QED) is 0.671. The van der Waals surface area contributed by atoms with Crippen LogP contribution in [0.1, 0.15) is 11.1 Å². The highest BCUT2D eigenvalue weighted by atomic mass is 19.1. The molecule has 0 aromatic heterocycles. The van der Waals surface area contributed by atoms with Crippen LogP contribution >= 0.6 is 0 Å². The molecule has 2 aromatic carbocycles. The van der Waals surface area contributed by atoms with Gasteiger partial charge in [-0.25, -0.2) is 9.38 Å². The largest absolute Gasteiger partial charge is 0.494 e. The van der Waals surface area contributed by atoms with Gasteiger partial charge in [0.1, 0.15) is 0 Å². The lowest BCUT2D eigenvalue weighted by Crippen LogP contribution is -2.22. The standard InChI is InChI=1S/C16H18FN3O/c1-11-4-3-5-13(8-11)20-16(18)19-10-12-6-7-15(21-2)14(17)9-12/h3-9H,10H2,1-2H3,(H3,18,19,20). The summed E-state index contributed by atoms with van der Waals surface area (Å²) in [6, 6.07) is 12.5. The highest BCUT2D eigenvalue weighted by molar-refractivity contribution is 5.92. The molecular weight excluding hydrogens is 269 g/mol. The second-order valence-electron chi connectivity index (χ2n) is 4.66. The number of methoxy groups -OCH3 is 1. The molecule has 0 aliphatic heterocycles. The normalized spacial score (nSPS) is 11.3. The number of aryl methyl sites for hydroxylation is 1. The van der Waals surface area contributed by atoms with E-state index < -0.39 is 5.82 Å². The van der Waals surface area contributed by atoms with Gasteiger partial charge in [0.2, 0.25) is 0 Å². The van der Waals surface area contributed by atoms with Crippen molar-refractivity contribution in [3.8, 4) is 5.75 Å². The molecule has 2 aromatic rings. The molecule has 21 heavy (non-hydrogen) atoms. The van der Waals surface area contributed by atoms with Gasteiger partial charge in [-0.3, -0.25) is 0 Å². The van der Waals surface area contributed by atoms with E-state index >= 15 is 0 Å². The fourth-order valence-electron chi connectivity index (χ4n) is 1.89. The van der Waals surface area contributed by atoms with Gasteiger partial charge >= 0.3 is 0 Å².